The number of hydrogen-bond donors (Lipinski definition) is 1. The number of likely N-dealkylation sites (N-methyl/N-ethyl adjacent to an activating group) is 1. The number of methoxy groups -OCH3 is 1. The first-order valence-corrected chi connectivity index (χ1v) is 9.85. The lowest BCUT2D eigenvalue weighted by atomic mass is 10.1. The molecule has 166 valence electrons. The van der Waals surface area contributed by atoms with Gasteiger partial charge in [0.1, 0.15) is 11.8 Å². The minimum atomic E-state index is -0.706. The lowest BCUT2D eigenvalue weighted by Crippen LogP contribution is -2.49. The molecule has 0 unspecified atom stereocenters. The highest BCUT2D eigenvalue weighted by atomic mass is 16.6. The second-order valence-corrected chi connectivity index (χ2v) is 6.90. The van der Waals surface area contributed by atoms with E-state index in [1.54, 1.807) is 6.92 Å². The van der Waals surface area contributed by atoms with Crippen LogP contribution in [0.1, 0.15) is 25.0 Å². The standard InChI is InChI=1S/C22H27N3O6/c1-5-23-22(27)16(3)24(13-17-9-7-6-8-15(17)2)21(26)14-31-18-10-11-19(25(28)29)20(12-18)30-4/h6-12,16H,5,13-14H2,1-4H3,(H,23,27)/t16-/m0/s1. The Morgan fingerprint density at radius 1 is 1.23 bits per heavy atom. The minimum absolute atomic E-state index is 0.0300. The Balaban J connectivity index is 2.19. The molecule has 2 aromatic carbocycles. The monoisotopic (exact) mass is 429 g/mol. The van der Waals surface area contributed by atoms with Crippen molar-refractivity contribution in [3.05, 3.63) is 63.7 Å². The lowest BCUT2D eigenvalue weighted by Gasteiger charge is -2.29. The molecule has 0 radical (unpaired) electrons. The molecule has 0 fully saturated rings. The summed E-state index contributed by atoms with van der Waals surface area (Å²) in [5.41, 5.74) is 1.72. The fourth-order valence-electron chi connectivity index (χ4n) is 3.00. The quantitative estimate of drug-likeness (QED) is 0.459. The summed E-state index contributed by atoms with van der Waals surface area (Å²) in [4.78, 5) is 37.3. The van der Waals surface area contributed by atoms with Gasteiger partial charge in [-0.1, -0.05) is 24.3 Å². The first-order chi connectivity index (χ1) is 14.8. The van der Waals surface area contributed by atoms with Crippen LogP contribution in [-0.2, 0) is 16.1 Å². The van der Waals surface area contributed by atoms with Crippen LogP contribution in [0, 0.1) is 17.0 Å². The van der Waals surface area contributed by atoms with E-state index in [4.69, 9.17) is 9.47 Å². The second-order valence-electron chi connectivity index (χ2n) is 6.90. The van der Waals surface area contributed by atoms with Crippen LogP contribution >= 0.6 is 0 Å². The van der Waals surface area contributed by atoms with Crippen LogP contribution < -0.4 is 14.8 Å². The first kappa shape index (κ1) is 23.7. The van der Waals surface area contributed by atoms with Gasteiger partial charge in [0, 0.05) is 25.2 Å². The third-order valence-electron chi connectivity index (χ3n) is 4.83. The Labute approximate surface area is 181 Å². The van der Waals surface area contributed by atoms with Crippen molar-refractivity contribution in [1.82, 2.24) is 10.2 Å². The molecule has 0 aromatic heterocycles. The van der Waals surface area contributed by atoms with E-state index < -0.39 is 11.0 Å². The zero-order valence-corrected chi connectivity index (χ0v) is 18.1. The maximum absolute atomic E-state index is 13.0. The molecule has 0 aliphatic heterocycles. The number of aryl methyl sites for hydroxylation is 1. The van der Waals surface area contributed by atoms with Crippen LogP contribution in [0.5, 0.6) is 11.5 Å². The minimum Gasteiger partial charge on any atom is -0.490 e. The Morgan fingerprint density at radius 2 is 1.94 bits per heavy atom. The maximum atomic E-state index is 13.0. The first-order valence-electron chi connectivity index (χ1n) is 9.85. The fraction of sp³-hybridized carbons (Fsp3) is 0.364. The fourth-order valence-corrected chi connectivity index (χ4v) is 3.00. The van der Waals surface area contributed by atoms with Gasteiger partial charge in [-0.2, -0.15) is 0 Å². The number of nitro benzene ring substituents is 1. The van der Waals surface area contributed by atoms with E-state index in [1.807, 2.05) is 38.1 Å². The Morgan fingerprint density at radius 3 is 2.55 bits per heavy atom. The van der Waals surface area contributed by atoms with Crippen molar-refractivity contribution in [3.63, 3.8) is 0 Å². The van der Waals surface area contributed by atoms with Gasteiger partial charge in [-0.3, -0.25) is 19.7 Å². The van der Waals surface area contributed by atoms with Crippen molar-refractivity contribution >= 4 is 17.5 Å². The van der Waals surface area contributed by atoms with Crippen molar-refractivity contribution < 1.29 is 24.0 Å². The molecule has 0 aliphatic rings. The van der Waals surface area contributed by atoms with Crippen LogP contribution in [0.25, 0.3) is 0 Å². The van der Waals surface area contributed by atoms with E-state index in [0.717, 1.165) is 11.1 Å². The topological polar surface area (TPSA) is 111 Å². The Kier molecular flexibility index (Phi) is 8.36. The number of benzene rings is 2. The number of nitro groups is 1. The van der Waals surface area contributed by atoms with Crippen molar-refractivity contribution in [2.24, 2.45) is 0 Å². The number of hydrogen-bond acceptors (Lipinski definition) is 6. The number of carbonyl (C=O) groups excluding carboxylic acids is 2. The van der Waals surface area contributed by atoms with Gasteiger partial charge >= 0.3 is 5.69 Å². The number of rotatable bonds is 10. The summed E-state index contributed by atoms with van der Waals surface area (Å²) < 4.78 is 10.6. The molecule has 0 spiro atoms. The molecule has 0 heterocycles. The highest BCUT2D eigenvalue weighted by Crippen LogP contribution is 2.30. The summed E-state index contributed by atoms with van der Waals surface area (Å²) in [6.07, 6.45) is 0. The largest absolute Gasteiger partial charge is 0.490 e. The van der Waals surface area contributed by atoms with E-state index >= 15 is 0 Å². The summed E-state index contributed by atoms with van der Waals surface area (Å²) in [6.45, 7) is 5.77. The van der Waals surface area contributed by atoms with Crippen molar-refractivity contribution in [1.29, 1.82) is 0 Å². The number of nitrogens with one attached hydrogen (secondary N) is 1. The number of amides is 2. The van der Waals surface area contributed by atoms with E-state index in [2.05, 4.69) is 5.32 Å². The predicted octanol–water partition coefficient (Wildman–Crippen LogP) is 2.84. The van der Waals surface area contributed by atoms with Gasteiger partial charge < -0.3 is 19.7 Å². The van der Waals surface area contributed by atoms with E-state index in [9.17, 15) is 19.7 Å². The number of ether oxygens (including phenoxy) is 2. The third kappa shape index (κ3) is 6.18. The van der Waals surface area contributed by atoms with Gasteiger partial charge in [-0.15, -0.1) is 0 Å². The van der Waals surface area contributed by atoms with Crippen LogP contribution in [0.2, 0.25) is 0 Å². The Bertz CT molecular complexity index is 947. The molecule has 9 heteroatoms. The summed E-state index contributed by atoms with van der Waals surface area (Å²) in [5, 5.41) is 13.8. The van der Waals surface area contributed by atoms with Crippen LogP contribution in [0.4, 0.5) is 5.69 Å². The molecular weight excluding hydrogens is 402 g/mol. The van der Waals surface area contributed by atoms with E-state index in [0.29, 0.717) is 6.54 Å². The zero-order chi connectivity index (χ0) is 23.0. The van der Waals surface area contributed by atoms with Gasteiger partial charge in [-0.05, 0) is 38.0 Å². The average Bonchev–Trinajstić information content (AvgIpc) is 2.76. The molecule has 0 saturated carbocycles. The molecule has 1 N–H and O–H groups in total. The third-order valence-corrected chi connectivity index (χ3v) is 4.83. The summed E-state index contributed by atoms with van der Waals surface area (Å²) in [7, 11) is 1.31. The molecule has 1 atom stereocenters. The van der Waals surface area contributed by atoms with Gasteiger partial charge in [0.15, 0.2) is 6.61 Å². The normalized spacial score (nSPS) is 11.4. The SMILES string of the molecule is CCNC(=O)[C@H](C)N(Cc1ccccc1C)C(=O)COc1ccc([N+](=O)[O-])c(OC)c1. The average molecular weight is 429 g/mol. The maximum Gasteiger partial charge on any atom is 0.311 e. The molecule has 9 nitrogen and oxygen atoms in total. The molecule has 0 saturated heterocycles. The summed E-state index contributed by atoms with van der Waals surface area (Å²) in [5.74, 6) is -0.375. The molecule has 31 heavy (non-hydrogen) atoms. The van der Waals surface area contributed by atoms with Gasteiger partial charge in [0.2, 0.25) is 11.7 Å². The van der Waals surface area contributed by atoms with Crippen molar-refractivity contribution in [2.75, 3.05) is 20.3 Å². The molecule has 2 amide bonds. The molecular formula is C22H27N3O6. The molecule has 2 aromatic rings. The number of carbonyl (C=O) groups is 2. The van der Waals surface area contributed by atoms with Crippen molar-refractivity contribution in [3.8, 4) is 11.5 Å². The van der Waals surface area contributed by atoms with Gasteiger partial charge in [0.05, 0.1) is 12.0 Å². The zero-order valence-electron chi connectivity index (χ0n) is 18.1. The number of nitrogens with zero attached hydrogens (tertiary/aromatic N) is 2. The molecule has 0 aliphatic carbocycles. The highest BCUT2D eigenvalue weighted by molar-refractivity contribution is 5.88. The van der Waals surface area contributed by atoms with Crippen LogP contribution in [0.15, 0.2) is 42.5 Å². The predicted molar refractivity (Wildman–Crippen MR) is 115 cm³/mol. The van der Waals surface area contributed by atoms with Gasteiger partial charge in [0.25, 0.3) is 5.91 Å². The lowest BCUT2D eigenvalue weighted by molar-refractivity contribution is -0.385. The summed E-state index contributed by atoms with van der Waals surface area (Å²) in [6, 6.07) is 10.9. The summed E-state index contributed by atoms with van der Waals surface area (Å²) >= 11 is 0. The van der Waals surface area contributed by atoms with E-state index in [1.165, 1.54) is 30.2 Å². The Hall–Kier alpha value is -3.62. The van der Waals surface area contributed by atoms with Crippen molar-refractivity contribution in [2.45, 2.75) is 33.4 Å². The van der Waals surface area contributed by atoms with Crippen LogP contribution in [0.3, 0.4) is 0 Å². The molecule has 2 rings (SSSR count). The second kappa shape index (κ2) is 11.0. The molecule has 0 bridgehead atoms. The van der Waals surface area contributed by atoms with Gasteiger partial charge in [-0.25, -0.2) is 0 Å². The van der Waals surface area contributed by atoms with Crippen LogP contribution in [-0.4, -0.2) is 47.9 Å². The van der Waals surface area contributed by atoms with E-state index in [-0.39, 0.29) is 42.2 Å². The smallest absolute Gasteiger partial charge is 0.311 e. The highest BCUT2D eigenvalue weighted by Gasteiger charge is 2.27.